The Morgan fingerprint density at radius 1 is 1.16 bits per heavy atom. The smallest absolute Gasteiger partial charge is 0.241 e. The van der Waals surface area contributed by atoms with Crippen LogP contribution in [0.2, 0.25) is 0 Å². The molecule has 0 aliphatic rings. The standard InChI is InChI=1S/C17H13F4N3O/c18-13-6-11(25-4-3-17(20)21)7-14(19)12(13)8-22-10-1-2-15-16(5-10)24-9-23-15/h1-2,5-9,17H,3-4H2,(H,23,24)/b22-8-. The molecular weight excluding hydrogens is 338 g/mol. The van der Waals surface area contributed by atoms with Gasteiger partial charge in [-0.1, -0.05) is 0 Å². The van der Waals surface area contributed by atoms with Gasteiger partial charge in [0.25, 0.3) is 0 Å². The number of hydrogen-bond acceptors (Lipinski definition) is 3. The maximum atomic E-state index is 14.0. The third-order valence-electron chi connectivity index (χ3n) is 3.41. The van der Waals surface area contributed by atoms with Crippen molar-refractivity contribution >= 4 is 22.9 Å². The number of fused-ring (bicyclic) bond motifs is 1. The normalized spacial score (nSPS) is 11.7. The van der Waals surface area contributed by atoms with Crippen LogP contribution in [0.3, 0.4) is 0 Å². The topological polar surface area (TPSA) is 50.3 Å². The average Bonchev–Trinajstić information content (AvgIpc) is 3.01. The number of aliphatic imine (C=N–C) groups is 1. The summed E-state index contributed by atoms with van der Waals surface area (Å²) in [5, 5.41) is 0. The summed E-state index contributed by atoms with van der Waals surface area (Å²) >= 11 is 0. The van der Waals surface area contributed by atoms with Crippen molar-refractivity contribution < 1.29 is 22.3 Å². The number of rotatable bonds is 6. The lowest BCUT2D eigenvalue weighted by Gasteiger charge is -2.07. The van der Waals surface area contributed by atoms with E-state index in [0.717, 1.165) is 23.9 Å². The van der Waals surface area contributed by atoms with Crippen LogP contribution >= 0.6 is 0 Å². The van der Waals surface area contributed by atoms with Crippen molar-refractivity contribution in [1.29, 1.82) is 0 Å². The number of halogens is 4. The quantitative estimate of drug-likeness (QED) is 0.520. The molecule has 4 nitrogen and oxygen atoms in total. The Kier molecular flexibility index (Phi) is 4.97. The van der Waals surface area contributed by atoms with E-state index in [0.29, 0.717) is 11.2 Å². The molecule has 3 aromatic rings. The Morgan fingerprint density at radius 2 is 1.92 bits per heavy atom. The van der Waals surface area contributed by atoms with Crippen molar-refractivity contribution in [3.8, 4) is 5.75 Å². The zero-order valence-corrected chi connectivity index (χ0v) is 12.8. The van der Waals surface area contributed by atoms with Gasteiger partial charge in [-0.05, 0) is 18.2 Å². The maximum absolute atomic E-state index is 14.0. The minimum absolute atomic E-state index is 0.147. The number of aromatic amines is 1. The average molecular weight is 351 g/mol. The first-order valence-electron chi connectivity index (χ1n) is 7.40. The van der Waals surface area contributed by atoms with Gasteiger partial charge in [0.2, 0.25) is 6.43 Å². The second-order valence-corrected chi connectivity index (χ2v) is 5.19. The molecule has 0 amide bonds. The van der Waals surface area contributed by atoms with Gasteiger partial charge in [-0.2, -0.15) is 0 Å². The number of aromatic nitrogens is 2. The molecule has 0 bridgehead atoms. The van der Waals surface area contributed by atoms with Gasteiger partial charge in [0.1, 0.15) is 17.4 Å². The summed E-state index contributed by atoms with van der Waals surface area (Å²) in [7, 11) is 0. The second kappa shape index (κ2) is 7.33. The highest BCUT2D eigenvalue weighted by atomic mass is 19.3. The van der Waals surface area contributed by atoms with Gasteiger partial charge < -0.3 is 9.72 Å². The van der Waals surface area contributed by atoms with E-state index < -0.39 is 24.5 Å². The second-order valence-electron chi connectivity index (χ2n) is 5.19. The fourth-order valence-corrected chi connectivity index (χ4v) is 2.17. The monoisotopic (exact) mass is 351 g/mol. The van der Waals surface area contributed by atoms with Crippen LogP contribution in [0, 0.1) is 11.6 Å². The summed E-state index contributed by atoms with van der Waals surface area (Å²) < 4.78 is 57.1. The molecule has 0 saturated heterocycles. The summed E-state index contributed by atoms with van der Waals surface area (Å²) in [6.45, 7) is -0.326. The van der Waals surface area contributed by atoms with Crippen molar-refractivity contribution in [2.45, 2.75) is 12.8 Å². The highest BCUT2D eigenvalue weighted by molar-refractivity contribution is 5.85. The van der Waals surface area contributed by atoms with Crippen LogP contribution in [0.4, 0.5) is 23.2 Å². The lowest BCUT2D eigenvalue weighted by atomic mass is 10.2. The molecular formula is C17H13F4N3O. The predicted octanol–water partition coefficient (Wildman–Crippen LogP) is 4.63. The molecule has 25 heavy (non-hydrogen) atoms. The minimum atomic E-state index is -2.53. The Hall–Kier alpha value is -2.90. The zero-order valence-electron chi connectivity index (χ0n) is 12.8. The van der Waals surface area contributed by atoms with Gasteiger partial charge in [0.15, 0.2) is 0 Å². The Morgan fingerprint density at radius 3 is 2.64 bits per heavy atom. The number of benzene rings is 2. The largest absolute Gasteiger partial charge is 0.493 e. The van der Waals surface area contributed by atoms with E-state index >= 15 is 0 Å². The van der Waals surface area contributed by atoms with Crippen LogP contribution in [0.1, 0.15) is 12.0 Å². The van der Waals surface area contributed by atoms with E-state index in [-0.39, 0.29) is 17.9 Å². The van der Waals surface area contributed by atoms with Crippen molar-refractivity contribution in [2.24, 2.45) is 4.99 Å². The molecule has 8 heteroatoms. The summed E-state index contributed by atoms with van der Waals surface area (Å²) in [4.78, 5) is 11.0. The Balaban J connectivity index is 1.77. The number of imidazole rings is 1. The highest BCUT2D eigenvalue weighted by Crippen LogP contribution is 2.22. The first-order valence-corrected chi connectivity index (χ1v) is 7.40. The highest BCUT2D eigenvalue weighted by Gasteiger charge is 2.11. The van der Waals surface area contributed by atoms with Crippen molar-refractivity contribution in [1.82, 2.24) is 9.97 Å². The maximum Gasteiger partial charge on any atom is 0.241 e. The van der Waals surface area contributed by atoms with Gasteiger partial charge in [0, 0.05) is 24.8 Å². The first kappa shape index (κ1) is 16.9. The van der Waals surface area contributed by atoms with Crippen LogP contribution < -0.4 is 4.74 Å². The SMILES string of the molecule is Fc1cc(OCCC(F)F)cc(F)c1/C=N\c1ccc2[nH]cnc2c1. The third kappa shape index (κ3) is 4.14. The Labute approximate surface area is 140 Å². The van der Waals surface area contributed by atoms with E-state index in [2.05, 4.69) is 15.0 Å². The lowest BCUT2D eigenvalue weighted by Crippen LogP contribution is -2.04. The van der Waals surface area contributed by atoms with Crippen LogP contribution in [-0.2, 0) is 0 Å². The molecule has 0 atom stereocenters. The molecule has 0 spiro atoms. The van der Waals surface area contributed by atoms with E-state index in [4.69, 9.17) is 4.74 Å². The number of nitrogens with zero attached hydrogens (tertiary/aromatic N) is 2. The summed E-state index contributed by atoms with van der Waals surface area (Å²) in [6.07, 6.45) is -0.457. The molecule has 0 aliphatic carbocycles. The van der Waals surface area contributed by atoms with Crippen molar-refractivity contribution in [3.05, 3.63) is 53.9 Å². The molecule has 1 N–H and O–H groups in total. The fraction of sp³-hybridized carbons (Fsp3) is 0.176. The number of ether oxygens (including phenoxy) is 1. The summed E-state index contributed by atoms with van der Waals surface area (Å²) in [5.74, 6) is -1.93. The van der Waals surface area contributed by atoms with E-state index in [1.807, 2.05) is 0 Å². The van der Waals surface area contributed by atoms with Crippen LogP contribution in [0.15, 0.2) is 41.7 Å². The molecule has 0 unspecified atom stereocenters. The molecule has 0 fully saturated rings. The molecule has 130 valence electrons. The van der Waals surface area contributed by atoms with Gasteiger partial charge in [-0.25, -0.2) is 22.5 Å². The molecule has 0 radical (unpaired) electrons. The number of hydrogen-bond donors (Lipinski definition) is 1. The van der Waals surface area contributed by atoms with Crippen LogP contribution in [-0.4, -0.2) is 29.2 Å². The molecule has 1 aromatic heterocycles. The zero-order chi connectivity index (χ0) is 17.8. The molecule has 0 saturated carbocycles. The number of alkyl halides is 2. The van der Waals surface area contributed by atoms with E-state index in [1.54, 1.807) is 18.2 Å². The van der Waals surface area contributed by atoms with Crippen molar-refractivity contribution in [3.63, 3.8) is 0 Å². The van der Waals surface area contributed by atoms with Gasteiger partial charge >= 0.3 is 0 Å². The first-order chi connectivity index (χ1) is 12.0. The molecule has 0 aliphatic heterocycles. The lowest BCUT2D eigenvalue weighted by molar-refractivity contribution is 0.114. The van der Waals surface area contributed by atoms with E-state index in [9.17, 15) is 17.6 Å². The molecule has 2 aromatic carbocycles. The fourth-order valence-electron chi connectivity index (χ4n) is 2.17. The third-order valence-corrected chi connectivity index (χ3v) is 3.41. The van der Waals surface area contributed by atoms with Gasteiger partial charge in [-0.3, -0.25) is 4.99 Å². The minimum Gasteiger partial charge on any atom is -0.493 e. The summed E-state index contributed by atoms with van der Waals surface area (Å²) in [6, 6.07) is 6.97. The van der Waals surface area contributed by atoms with Crippen LogP contribution in [0.5, 0.6) is 5.75 Å². The van der Waals surface area contributed by atoms with Gasteiger partial charge in [0.05, 0.1) is 35.2 Å². The molecule has 3 rings (SSSR count). The van der Waals surface area contributed by atoms with Crippen LogP contribution in [0.25, 0.3) is 11.0 Å². The summed E-state index contributed by atoms with van der Waals surface area (Å²) in [5.41, 5.74) is 1.64. The van der Waals surface area contributed by atoms with E-state index in [1.165, 1.54) is 6.33 Å². The van der Waals surface area contributed by atoms with Crippen molar-refractivity contribution in [2.75, 3.05) is 6.61 Å². The Bertz CT molecular complexity index is 885. The number of nitrogens with one attached hydrogen (secondary N) is 1. The molecule has 1 heterocycles. The number of H-pyrrole nitrogens is 1. The predicted molar refractivity (Wildman–Crippen MR) is 85.8 cm³/mol. The van der Waals surface area contributed by atoms with Gasteiger partial charge in [-0.15, -0.1) is 0 Å².